The zero-order valence-corrected chi connectivity index (χ0v) is 10.5. The molecule has 0 aromatic heterocycles. The van der Waals surface area contributed by atoms with Crippen LogP contribution in [-0.4, -0.2) is 18.4 Å². The van der Waals surface area contributed by atoms with E-state index in [2.05, 4.69) is 5.32 Å². The van der Waals surface area contributed by atoms with Crippen LogP contribution in [0.3, 0.4) is 0 Å². The molecule has 2 nitrogen and oxygen atoms in total. The molecule has 1 aromatic carbocycles. The highest BCUT2D eigenvalue weighted by Gasteiger charge is 2.22. The maximum absolute atomic E-state index is 12.7. The summed E-state index contributed by atoms with van der Waals surface area (Å²) in [7, 11) is 0. The predicted molar refractivity (Wildman–Crippen MR) is 62.1 cm³/mol. The van der Waals surface area contributed by atoms with Crippen LogP contribution in [0.2, 0.25) is 0 Å². The minimum Gasteiger partial charge on any atom is -0.346 e. The van der Waals surface area contributed by atoms with Crippen molar-refractivity contribution in [1.29, 1.82) is 0 Å². The molecular formula is C10H9F3INO. The fourth-order valence-electron chi connectivity index (χ4n) is 1.00. The van der Waals surface area contributed by atoms with Gasteiger partial charge in [0.2, 0.25) is 0 Å². The first-order chi connectivity index (χ1) is 7.29. The van der Waals surface area contributed by atoms with Crippen molar-refractivity contribution in [3.63, 3.8) is 0 Å². The number of carbonyl (C=O) groups is 1. The standard InChI is InChI=1S/C10H9F3INO/c1-10(12,13)5-15-9(16)7-3-2-6(11)4-8(7)14/h2-4H,5H2,1H3,(H,15,16). The number of alkyl halides is 2. The molecule has 0 spiro atoms. The van der Waals surface area contributed by atoms with Crippen molar-refractivity contribution in [3.05, 3.63) is 33.1 Å². The molecule has 0 saturated carbocycles. The highest BCUT2D eigenvalue weighted by Crippen LogP contribution is 2.15. The van der Waals surface area contributed by atoms with Crippen molar-refractivity contribution in [3.8, 4) is 0 Å². The molecule has 0 unspecified atom stereocenters. The molecule has 0 fully saturated rings. The first-order valence-electron chi connectivity index (χ1n) is 4.41. The van der Waals surface area contributed by atoms with E-state index in [1.54, 1.807) is 22.6 Å². The van der Waals surface area contributed by atoms with Gasteiger partial charge >= 0.3 is 0 Å². The van der Waals surface area contributed by atoms with Gasteiger partial charge in [0.05, 0.1) is 12.1 Å². The molecule has 16 heavy (non-hydrogen) atoms. The van der Waals surface area contributed by atoms with E-state index < -0.39 is 24.2 Å². The third-order valence-electron chi connectivity index (χ3n) is 1.74. The second kappa shape index (κ2) is 5.03. The van der Waals surface area contributed by atoms with Crippen LogP contribution in [-0.2, 0) is 0 Å². The van der Waals surface area contributed by atoms with E-state index in [1.165, 1.54) is 12.1 Å². The predicted octanol–water partition coefficient (Wildman–Crippen LogP) is 2.82. The number of hydrogen-bond donors (Lipinski definition) is 1. The highest BCUT2D eigenvalue weighted by molar-refractivity contribution is 14.1. The van der Waals surface area contributed by atoms with Gasteiger partial charge in [0.25, 0.3) is 11.8 Å². The third kappa shape index (κ3) is 3.99. The molecular weight excluding hydrogens is 334 g/mol. The molecule has 0 bridgehead atoms. The lowest BCUT2D eigenvalue weighted by Gasteiger charge is -2.12. The van der Waals surface area contributed by atoms with E-state index in [1.807, 2.05) is 0 Å². The van der Waals surface area contributed by atoms with Crippen molar-refractivity contribution < 1.29 is 18.0 Å². The monoisotopic (exact) mass is 343 g/mol. The van der Waals surface area contributed by atoms with Gasteiger partial charge in [-0.15, -0.1) is 0 Å². The lowest BCUT2D eigenvalue weighted by atomic mass is 10.2. The Morgan fingerprint density at radius 1 is 1.50 bits per heavy atom. The third-order valence-corrected chi connectivity index (χ3v) is 2.63. The Bertz CT molecular complexity index is 404. The second-order valence-corrected chi connectivity index (χ2v) is 4.54. The molecule has 0 heterocycles. The zero-order valence-electron chi connectivity index (χ0n) is 8.36. The molecule has 0 radical (unpaired) electrons. The van der Waals surface area contributed by atoms with Gasteiger partial charge in [-0.2, -0.15) is 0 Å². The Hall–Kier alpha value is -0.790. The van der Waals surface area contributed by atoms with Gasteiger partial charge in [-0.05, 0) is 40.8 Å². The van der Waals surface area contributed by atoms with Gasteiger partial charge in [0.15, 0.2) is 0 Å². The molecule has 0 atom stereocenters. The number of benzene rings is 1. The van der Waals surface area contributed by atoms with Crippen molar-refractivity contribution in [2.75, 3.05) is 6.54 Å². The van der Waals surface area contributed by atoms with Gasteiger partial charge in [0.1, 0.15) is 5.82 Å². The first kappa shape index (κ1) is 13.3. The Morgan fingerprint density at radius 3 is 2.62 bits per heavy atom. The average molecular weight is 343 g/mol. The zero-order chi connectivity index (χ0) is 12.3. The maximum atomic E-state index is 12.7. The van der Waals surface area contributed by atoms with Crippen LogP contribution >= 0.6 is 22.6 Å². The first-order valence-corrected chi connectivity index (χ1v) is 5.48. The molecule has 1 amide bonds. The Kier molecular flexibility index (Phi) is 4.17. The van der Waals surface area contributed by atoms with Crippen LogP contribution < -0.4 is 5.32 Å². The summed E-state index contributed by atoms with van der Waals surface area (Å²) >= 11 is 1.77. The second-order valence-electron chi connectivity index (χ2n) is 3.38. The summed E-state index contributed by atoms with van der Waals surface area (Å²) in [6.07, 6.45) is 0. The normalized spacial score (nSPS) is 11.3. The molecule has 6 heteroatoms. The summed E-state index contributed by atoms with van der Waals surface area (Å²) in [6.45, 7) is -0.0256. The number of halogens is 4. The molecule has 1 rings (SSSR count). The van der Waals surface area contributed by atoms with Crippen LogP contribution in [0, 0.1) is 9.39 Å². The average Bonchev–Trinajstić information content (AvgIpc) is 2.13. The van der Waals surface area contributed by atoms with E-state index in [9.17, 15) is 18.0 Å². The minimum absolute atomic E-state index is 0.186. The van der Waals surface area contributed by atoms with Crippen molar-refractivity contribution in [2.24, 2.45) is 0 Å². The Balaban J connectivity index is 2.74. The SMILES string of the molecule is CC(F)(F)CNC(=O)c1ccc(F)cc1I. The van der Waals surface area contributed by atoms with E-state index in [0.717, 1.165) is 6.07 Å². The van der Waals surface area contributed by atoms with E-state index >= 15 is 0 Å². The largest absolute Gasteiger partial charge is 0.346 e. The summed E-state index contributed by atoms with van der Waals surface area (Å²) in [4.78, 5) is 11.5. The van der Waals surface area contributed by atoms with Gasteiger partial charge in [-0.3, -0.25) is 4.79 Å². The van der Waals surface area contributed by atoms with Gasteiger partial charge in [-0.1, -0.05) is 0 Å². The summed E-state index contributed by atoms with van der Waals surface area (Å²) in [5.41, 5.74) is 0.186. The van der Waals surface area contributed by atoms with Crippen LogP contribution in [0.5, 0.6) is 0 Å². The number of rotatable bonds is 3. The van der Waals surface area contributed by atoms with Crippen LogP contribution in [0.4, 0.5) is 13.2 Å². The summed E-state index contributed by atoms with van der Waals surface area (Å²) in [6, 6.07) is 3.54. The summed E-state index contributed by atoms with van der Waals surface area (Å²) < 4.78 is 38.1. The molecule has 0 saturated heterocycles. The number of hydrogen-bond acceptors (Lipinski definition) is 1. The minimum atomic E-state index is -2.96. The molecule has 1 N–H and O–H groups in total. The smallest absolute Gasteiger partial charge is 0.262 e. The van der Waals surface area contributed by atoms with Crippen LogP contribution in [0.25, 0.3) is 0 Å². The molecule has 88 valence electrons. The van der Waals surface area contributed by atoms with E-state index in [0.29, 0.717) is 10.5 Å². The summed E-state index contributed by atoms with van der Waals surface area (Å²) in [5.74, 6) is -4.06. The Labute approximate surface area is 104 Å². The lowest BCUT2D eigenvalue weighted by Crippen LogP contribution is -2.34. The number of carbonyl (C=O) groups excluding carboxylic acids is 1. The molecule has 1 aromatic rings. The lowest BCUT2D eigenvalue weighted by molar-refractivity contribution is 0.0221. The summed E-state index contributed by atoms with van der Waals surface area (Å²) in [5, 5.41) is 2.08. The van der Waals surface area contributed by atoms with Crippen LogP contribution in [0.15, 0.2) is 18.2 Å². The maximum Gasteiger partial charge on any atom is 0.262 e. The molecule has 0 aliphatic rings. The van der Waals surface area contributed by atoms with Gasteiger partial charge in [0, 0.05) is 10.5 Å². The number of nitrogens with one attached hydrogen (secondary N) is 1. The molecule has 0 aliphatic heterocycles. The topological polar surface area (TPSA) is 29.1 Å². The molecule has 0 aliphatic carbocycles. The van der Waals surface area contributed by atoms with Crippen molar-refractivity contribution in [1.82, 2.24) is 5.32 Å². The van der Waals surface area contributed by atoms with Crippen molar-refractivity contribution >= 4 is 28.5 Å². The van der Waals surface area contributed by atoms with E-state index in [4.69, 9.17) is 0 Å². The van der Waals surface area contributed by atoms with Gasteiger partial charge < -0.3 is 5.32 Å². The quantitative estimate of drug-likeness (QED) is 0.841. The fourth-order valence-corrected chi connectivity index (χ4v) is 1.73. The number of amides is 1. The van der Waals surface area contributed by atoms with Crippen LogP contribution in [0.1, 0.15) is 17.3 Å². The van der Waals surface area contributed by atoms with E-state index in [-0.39, 0.29) is 5.56 Å². The Morgan fingerprint density at radius 2 is 2.12 bits per heavy atom. The highest BCUT2D eigenvalue weighted by atomic mass is 127. The van der Waals surface area contributed by atoms with Crippen molar-refractivity contribution in [2.45, 2.75) is 12.8 Å². The van der Waals surface area contributed by atoms with Gasteiger partial charge in [-0.25, -0.2) is 13.2 Å². The fraction of sp³-hybridized carbons (Fsp3) is 0.300.